The third-order valence-electron chi connectivity index (χ3n) is 4.70. The van der Waals surface area contributed by atoms with E-state index in [1.54, 1.807) is 0 Å². The molecule has 2 unspecified atom stereocenters. The average Bonchev–Trinajstić information content (AvgIpc) is 2.61. The van der Waals surface area contributed by atoms with Crippen molar-refractivity contribution in [3.05, 3.63) is 65.7 Å². The molecule has 3 rings (SSSR count). The van der Waals surface area contributed by atoms with Gasteiger partial charge in [0, 0.05) is 18.0 Å². The number of nitrogens with one attached hydrogen (secondary N) is 1. The molecule has 1 fully saturated rings. The van der Waals surface area contributed by atoms with Gasteiger partial charge in [0.15, 0.2) is 0 Å². The second-order valence-electron chi connectivity index (χ2n) is 6.43. The molecule has 2 aromatic carbocycles. The highest BCUT2D eigenvalue weighted by molar-refractivity contribution is 5.83. The molecule has 2 aromatic rings. The van der Waals surface area contributed by atoms with Crippen LogP contribution in [0.4, 0.5) is 18.9 Å². The second-order valence-corrected chi connectivity index (χ2v) is 6.43. The lowest BCUT2D eigenvalue weighted by Crippen LogP contribution is -2.30. The standard InChI is InChI=1S/C20H20F3NO/c21-20(22,23)15-10-12-16(13-11-15)24-19(14-6-2-1-3-7-14)17-8-4-5-9-18(17)25/h1-3,6-7,10-13,17,19,24H,4-5,8-9H2. The smallest absolute Gasteiger partial charge is 0.378 e. The highest BCUT2D eigenvalue weighted by Crippen LogP contribution is 2.36. The quantitative estimate of drug-likeness (QED) is 0.778. The van der Waals surface area contributed by atoms with Gasteiger partial charge in [0.2, 0.25) is 0 Å². The molecular formula is C20H20F3NO. The second kappa shape index (κ2) is 7.30. The number of hydrogen-bond acceptors (Lipinski definition) is 2. The number of benzene rings is 2. The maximum atomic E-state index is 12.7. The first-order valence-corrected chi connectivity index (χ1v) is 8.46. The van der Waals surface area contributed by atoms with Gasteiger partial charge in [-0.25, -0.2) is 0 Å². The van der Waals surface area contributed by atoms with Gasteiger partial charge in [-0.3, -0.25) is 4.79 Å². The van der Waals surface area contributed by atoms with Crippen LogP contribution in [0.15, 0.2) is 54.6 Å². The van der Waals surface area contributed by atoms with Gasteiger partial charge in [-0.15, -0.1) is 0 Å². The van der Waals surface area contributed by atoms with Crippen molar-refractivity contribution in [1.82, 2.24) is 0 Å². The summed E-state index contributed by atoms with van der Waals surface area (Å²) in [6.45, 7) is 0. The summed E-state index contributed by atoms with van der Waals surface area (Å²) in [5.41, 5.74) is 0.880. The Hall–Kier alpha value is -2.30. The Balaban J connectivity index is 1.86. The maximum absolute atomic E-state index is 12.7. The number of rotatable bonds is 4. The van der Waals surface area contributed by atoms with Crippen molar-refractivity contribution in [2.75, 3.05) is 5.32 Å². The number of hydrogen-bond donors (Lipinski definition) is 1. The van der Waals surface area contributed by atoms with Crippen molar-refractivity contribution in [2.24, 2.45) is 5.92 Å². The molecule has 0 amide bonds. The maximum Gasteiger partial charge on any atom is 0.416 e. The summed E-state index contributed by atoms with van der Waals surface area (Å²) in [6, 6.07) is 14.4. The van der Waals surface area contributed by atoms with E-state index in [0.717, 1.165) is 37.0 Å². The number of alkyl halides is 3. The van der Waals surface area contributed by atoms with Crippen LogP contribution in [0.3, 0.4) is 0 Å². The fourth-order valence-corrected chi connectivity index (χ4v) is 3.37. The van der Waals surface area contributed by atoms with Crippen molar-refractivity contribution >= 4 is 11.5 Å². The number of carbonyl (C=O) groups is 1. The molecule has 0 radical (unpaired) electrons. The molecule has 0 aliphatic heterocycles. The Morgan fingerprint density at radius 1 is 0.960 bits per heavy atom. The van der Waals surface area contributed by atoms with Crippen molar-refractivity contribution in [1.29, 1.82) is 0 Å². The average molecular weight is 347 g/mol. The van der Waals surface area contributed by atoms with Gasteiger partial charge in [-0.2, -0.15) is 13.2 Å². The molecule has 2 atom stereocenters. The van der Waals surface area contributed by atoms with Crippen LogP contribution in [0.25, 0.3) is 0 Å². The monoisotopic (exact) mass is 347 g/mol. The minimum Gasteiger partial charge on any atom is -0.378 e. The van der Waals surface area contributed by atoms with Gasteiger partial charge in [0.25, 0.3) is 0 Å². The molecule has 1 saturated carbocycles. The van der Waals surface area contributed by atoms with Crippen molar-refractivity contribution in [3.8, 4) is 0 Å². The third kappa shape index (κ3) is 4.21. The highest BCUT2D eigenvalue weighted by atomic mass is 19.4. The summed E-state index contributed by atoms with van der Waals surface area (Å²) in [5.74, 6) is 0.0676. The minimum absolute atomic E-state index is 0.154. The predicted octanol–water partition coefficient (Wildman–Crippen LogP) is 5.62. The van der Waals surface area contributed by atoms with Crippen LogP contribution < -0.4 is 5.32 Å². The van der Waals surface area contributed by atoms with E-state index in [2.05, 4.69) is 5.32 Å². The summed E-state index contributed by atoms with van der Waals surface area (Å²) in [6.07, 6.45) is -1.07. The fraction of sp³-hybridized carbons (Fsp3) is 0.350. The first kappa shape index (κ1) is 17.5. The highest BCUT2D eigenvalue weighted by Gasteiger charge is 2.32. The number of halogens is 3. The third-order valence-corrected chi connectivity index (χ3v) is 4.70. The largest absolute Gasteiger partial charge is 0.416 e. The van der Waals surface area contributed by atoms with E-state index in [1.807, 2.05) is 30.3 Å². The Labute approximate surface area is 145 Å². The lowest BCUT2D eigenvalue weighted by Gasteiger charge is -2.31. The molecule has 1 N–H and O–H groups in total. The lowest BCUT2D eigenvalue weighted by molar-refractivity contribution is -0.137. The van der Waals surface area contributed by atoms with Gasteiger partial charge < -0.3 is 5.32 Å². The van der Waals surface area contributed by atoms with E-state index in [-0.39, 0.29) is 17.7 Å². The molecule has 2 nitrogen and oxygen atoms in total. The molecule has 1 aliphatic rings. The molecule has 0 heterocycles. The Morgan fingerprint density at radius 3 is 2.24 bits per heavy atom. The molecule has 1 aliphatic carbocycles. The van der Waals surface area contributed by atoms with Crippen molar-refractivity contribution < 1.29 is 18.0 Å². The summed E-state index contributed by atoms with van der Waals surface area (Å²) in [7, 11) is 0. The first-order chi connectivity index (χ1) is 11.9. The zero-order valence-corrected chi connectivity index (χ0v) is 13.7. The Kier molecular flexibility index (Phi) is 5.11. The molecule has 0 saturated heterocycles. The summed E-state index contributed by atoms with van der Waals surface area (Å²) >= 11 is 0. The first-order valence-electron chi connectivity index (χ1n) is 8.46. The number of anilines is 1. The van der Waals surface area contributed by atoms with E-state index < -0.39 is 11.7 Å². The SMILES string of the molecule is O=C1CCCCC1C(Nc1ccc(C(F)(F)F)cc1)c1ccccc1. The Bertz CT molecular complexity index is 710. The van der Waals surface area contributed by atoms with E-state index in [0.29, 0.717) is 12.1 Å². The van der Waals surface area contributed by atoms with Crippen molar-refractivity contribution in [3.63, 3.8) is 0 Å². The van der Waals surface area contributed by atoms with Crippen LogP contribution in [-0.2, 0) is 11.0 Å². The predicted molar refractivity (Wildman–Crippen MR) is 91.2 cm³/mol. The number of Topliss-reactive ketones (excluding diaryl/α,β-unsaturated/α-hetero) is 1. The van der Waals surface area contributed by atoms with E-state index >= 15 is 0 Å². The molecular weight excluding hydrogens is 327 g/mol. The van der Waals surface area contributed by atoms with Gasteiger partial charge in [-0.05, 0) is 42.7 Å². The molecule has 132 valence electrons. The number of ketones is 1. The van der Waals surface area contributed by atoms with E-state index in [4.69, 9.17) is 0 Å². The summed E-state index contributed by atoms with van der Waals surface area (Å²) in [5, 5.41) is 3.29. The van der Waals surface area contributed by atoms with E-state index in [1.165, 1.54) is 12.1 Å². The van der Waals surface area contributed by atoms with Crippen LogP contribution in [0.1, 0.15) is 42.9 Å². The lowest BCUT2D eigenvalue weighted by atomic mass is 9.80. The number of carbonyl (C=O) groups excluding carboxylic acids is 1. The van der Waals surface area contributed by atoms with Crippen molar-refractivity contribution in [2.45, 2.75) is 37.9 Å². The van der Waals surface area contributed by atoms with Crippen LogP contribution in [-0.4, -0.2) is 5.78 Å². The topological polar surface area (TPSA) is 29.1 Å². The fourth-order valence-electron chi connectivity index (χ4n) is 3.37. The summed E-state index contributed by atoms with van der Waals surface area (Å²) < 4.78 is 38.2. The van der Waals surface area contributed by atoms with E-state index in [9.17, 15) is 18.0 Å². The molecule has 5 heteroatoms. The Morgan fingerprint density at radius 2 is 1.64 bits per heavy atom. The summed E-state index contributed by atoms with van der Waals surface area (Å²) in [4.78, 5) is 12.4. The van der Waals surface area contributed by atoms with Crippen LogP contribution in [0.2, 0.25) is 0 Å². The normalized spacial score (nSPS) is 19.5. The van der Waals surface area contributed by atoms with Crippen LogP contribution >= 0.6 is 0 Å². The van der Waals surface area contributed by atoms with Gasteiger partial charge in [0.05, 0.1) is 11.6 Å². The van der Waals surface area contributed by atoms with Gasteiger partial charge in [0.1, 0.15) is 5.78 Å². The molecule has 0 aromatic heterocycles. The van der Waals surface area contributed by atoms with Gasteiger partial charge in [-0.1, -0.05) is 36.8 Å². The molecule has 0 spiro atoms. The minimum atomic E-state index is -4.35. The molecule has 0 bridgehead atoms. The van der Waals surface area contributed by atoms with Gasteiger partial charge >= 0.3 is 6.18 Å². The van der Waals surface area contributed by atoms with Crippen LogP contribution in [0.5, 0.6) is 0 Å². The zero-order chi connectivity index (χ0) is 17.9. The molecule has 25 heavy (non-hydrogen) atoms. The van der Waals surface area contributed by atoms with Crippen LogP contribution in [0, 0.1) is 5.92 Å². The zero-order valence-electron chi connectivity index (χ0n) is 13.7.